The van der Waals surface area contributed by atoms with Gasteiger partial charge in [-0.25, -0.2) is 9.59 Å². The van der Waals surface area contributed by atoms with Gasteiger partial charge in [-0.1, -0.05) is 10.2 Å². The molecule has 0 unspecified atom stereocenters. The topological polar surface area (TPSA) is 82.9 Å². The van der Waals surface area contributed by atoms with Crippen molar-refractivity contribution in [2.24, 2.45) is 10.2 Å². The largest absolute Gasteiger partial charge is 0.359 e. The second kappa shape index (κ2) is 5.22. The SMILES string of the molecule is CNC(=O)/N=N/C(=O)NC(C)C. The third-order valence-electron chi connectivity index (χ3n) is 0.858. The molecule has 4 amide bonds. The number of nitrogens with zero attached hydrogens (tertiary/aromatic N) is 2. The summed E-state index contributed by atoms with van der Waals surface area (Å²) in [5.41, 5.74) is 0. The van der Waals surface area contributed by atoms with Gasteiger partial charge in [0.05, 0.1) is 0 Å². The highest BCUT2D eigenvalue weighted by Gasteiger charge is 2.00. The third kappa shape index (κ3) is 5.33. The second-order valence-electron chi connectivity index (χ2n) is 2.36. The number of carbonyl (C=O) groups excluding carboxylic acids is 2. The molecule has 0 spiro atoms. The number of azo groups is 1. The molecule has 0 heterocycles. The van der Waals surface area contributed by atoms with E-state index in [-0.39, 0.29) is 6.04 Å². The summed E-state index contributed by atoms with van der Waals surface area (Å²) in [6.45, 7) is 3.57. The Labute approximate surface area is 70.4 Å². The average molecular weight is 172 g/mol. The number of carbonyl (C=O) groups is 2. The van der Waals surface area contributed by atoms with E-state index >= 15 is 0 Å². The van der Waals surface area contributed by atoms with Gasteiger partial charge < -0.3 is 10.6 Å². The predicted octanol–water partition coefficient (Wildman–Crippen LogP) is 0.896. The van der Waals surface area contributed by atoms with Crippen LogP contribution in [0.25, 0.3) is 0 Å². The van der Waals surface area contributed by atoms with Crippen LogP contribution in [0.5, 0.6) is 0 Å². The highest BCUT2D eigenvalue weighted by molar-refractivity contribution is 5.79. The van der Waals surface area contributed by atoms with Crippen LogP contribution in [0.2, 0.25) is 0 Å². The van der Waals surface area contributed by atoms with E-state index in [0.29, 0.717) is 0 Å². The number of urea groups is 2. The van der Waals surface area contributed by atoms with E-state index in [9.17, 15) is 9.59 Å². The Balaban J connectivity index is 3.83. The highest BCUT2D eigenvalue weighted by atomic mass is 16.2. The molecule has 0 radical (unpaired) electrons. The summed E-state index contributed by atoms with van der Waals surface area (Å²) in [5, 5.41) is 10.8. The smallest absolute Gasteiger partial charge is 0.338 e. The van der Waals surface area contributed by atoms with Crippen LogP contribution in [0.1, 0.15) is 13.8 Å². The minimum atomic E-state index is -0.645. The van der Waals surface area contributed by atoms with E-state index in [0.717, 1.165) is 0 Å². The number of rotatable bonds is 1. The van der Waals surface area contributed by atoms with Crippen LogP contribution in [0.15, 0.2) is 10.2 Å². The predicted molar refractivity (Wildman–Crippen MR) is 43.0 cm³/mol. The van der Waals surface area contributed by atoms with Gasteiger partial charge in [-0.15, -0.1) is 0 Å². The van der Waals surface area contributed by atoms with E-state index in [1.807, 2.05) is 0 Å². The second-order valence-corrected chi connectivity index (χ2v) is 2.36. The van der Waals surface area contributed by atoms with E-state index < -0.39 is 12.1 Å². The molecule has 0 aromatic heterocycles. The lowest BCUT2D eigenvalue weighted by molar-refractivity contribution is 0.240. The molecule has 0 saturated heterocycles. The van der Waals surface area contributed by atoms with Crippen molar-refractivity contribution in [3.8, 4) is 0 Å². The summed E-state index contributed by atoms with van der Waals surface area (Å²) in [4.78, 5) is 21.2. The molecular weight excluding hydrogens is 160 g/mol. The van der Waals surface area contributed by atoms with Crippen molar-refractivity contribution >= 4 is 12.1 Å². The molecule has 0 aliphatic rings. The molecule has 6 heteroatoms. The quantitative estimate of drug-likeness (QED) is 0.576. The lowest BCUT2D eigenvalue weighted by atomic mass is 10.4. The van der Waals surface area contributed by atoms with Crippen molar-refractivity contribution in [3.63, 3.8) is 0 Å². The van der Waals surface area contributed by atoms with Crippen molar-refractivity contribution in [2.75, 3.05) is 7.05 Å². The average Bonchev–Trinajstić information content (AvgIpc) is 1.99. The highest BCUT2D eigenvalue weighted by Crippen LogP contribution is 1.83. The van der Waals surface area contributed by atoms with Crippen LogP contribution in [-0.2, 0) is 0 Å². The molecular formula is C6H12N4O2. The van der Waals surface area contributed by atoms with Crippen molar-refractivity contribution in [1.29, 1.82) is 0 Å². The first-order valence-electron chi connectivity index (χ1n) is 3.50. The van der Waals surface area contributed by atoms with Gasteiger partial charge in [0.15, 0.2) is 0 Å². The molecule has 0 aliphatic carbocycles. The van der Waals surface area contributed by atoms with Crippen LogP contribution in [0, 0.1) is 0 Å². The van der Waals surface area contributed by atoms with Gasteiger partial charge in [-0.2, -0.15) is 0 Å². The van der Waals surface area contributed by atoms with Gasteiger partial charge in [-0.3, -0.25) is 0 Å². The van der Waals surface area contributed by atoms with E-state index in [1.165, 1.54) is 7.05 Å². The fourth-order valence-corrected chi connectivity index (χ4v) is 0.417. The Morgan fingerprint density at radius 2 is 1.67 bits per heavy atom. The summed E-state index contributed by atoms with van der Waals surface area (Å²) in [7, 11) is 1.40. The normalized spacial score (nSPS) is 10.3. The van der Waals surface area contributed by atoms with Gasteiger partial charge in [0, 0.05) is 13.1 Å². The lowest BCUT2D eigenvalue weighted by Gasteiger charge is -2.01. The Hall–Kier alpha value is -1.46. The zero-order valence-electron chi connectivity index (χ0n) is 7.29. The minimum Gasteiger partial charge on any atom is -0.338 e. The molecule has 12 heavy (non-hydrogen) atoms. The number of hydrogen-bond donors (Lipinski definition) is 2. The summed E-state index contributed by atoms with van der Waals surface area (Å²) in [5.74, 6) is 0. The molecule has 0 aliphatic heterocycles. The zero-order chi connectivity index (χ0) is 9.56. The maximum absolute atomic E-state index is 10.7. The summed E-state index contributed by atoms with van der Waals surface area (Å²) in [6.07, 6.45) is 0. The molecule has 0 rings (SSSR count). The Kier molecular flexibility index (Phi) is 4.59. The Morgan fingerprint density at radius 3 is 2.08 bits per heavy atom. The molecule has 0 aromatic rings. The van der Waals surface area contributed by atoms with Crippen molar-refractivity contribution < 1.29 is 9.59 Å². The fourth-order valence-electron chi connectivity index (χ4n) is 0.417. The monoisotopic (exact) mass is 172 g/mol. The lowest BCUT2D eigenvalue weighted by Crippen LogP contribution is -2.27. The molecule has 0 fully saturated rings. The van der Waals surface area contributed by atoms with E-state index in [2.05, 4.69) is 20.9 Å². The molecule has 0 bridgehead atoms. The summed E-state index contributed by atoms with van der Waals surface area (Å²) >= 11 is 0. The maximum atomic E-state index is 10.7. The van der Waals surface area contributed by atoms with E-state index in [4.69, 9.17) is 0 Å². The van der Waals surface area contributed by atoms with Gasteiger partial charge >= 0.3 is 12.1 Å². The molecule has 2 N–H and O–H groups in total. The van der Waals surface area contributed by atoms with Gasteiger partial charge in [0.25, 0.3) is 0 Å². The summed E-state index contributed by atoms with van der Waals surface area (Å²) in [6, 6.07) is -1.27. The first-order chi connectivity index (χ1) is 5.56. The number of nitrogens with one attached hydrogen (secondary N) is 2. The van der Waals surface area contributed by atoms with E-state index in [1.54, 1.807) is 13.8 Å². The third-order valence-corrected chi connectivity index (χ3v) is 0.858. The Morgan fingerprint density at radius 1 is 1.17 bits per heavy atom. The van der Waals surface area contributed by atoms with Crippen LogP contribution < -0.4 is 10.6 Å². The molecule has 0 atom stereocenters. The molecule has 6 nitrogen and oxygen atoms in total. The van der Waals surface area contributed by atoms with Crippen LogP contribution in [-0.4, -0.2) is 25.2 Å². The van der Waals surface area contributed by atoms with Crippen molar-refractivity contribution in [1.82, 2.24) is 10.6 Å². The molecule has 0 aromatic carbocycles. The number of amides is 4. The maximum Gasteiger partial charge on any atom is 0.359 e. The molecule has 0 saturated carbocycles. The van der Waals surface area contributed by atoms with Crippen LogP contribution >= 0.6 is 0 Å². The first-order valence-corrected chi connectivity index (χ1v) is 3.50. The zero-order valence-corrected chi connectivity index (χ0v) is 7.29. The van der Waals surface area contributed by atoms with Crippen molar-refractivity contribution in [2.45, 2.75) is 19.9 Å². The molecule has 68 valence electrons. The summed E-state index contributed by atoms with van der Waals surface area (Å²) < 4.78 is 0. The number of hydrogen-bond acceptors (Lipinski definition) is 2. The fraction of sp³-hybridized carbons (Fsp3) is 0.667. The van der Waals surface area contributed by atoms with Crippen LogP contribution in [0.3, 0.4) is 0 Å². The standard InChI is InChI=1S/C6H12N4O2/c1-4(2)8-6(12)10-9-5(11)7-3/h4H,1-3H3,(H,7,11)(H,8,12)/b10-9+. The van der Waals surface area contributed by atoms with Gasteiger partial charge in [-0.05, 0) is 13.8 Å². The first kappa shape index (κ1) is 10.5. The minimum absolute atomic E-state index is 0.0128. The van der Waals surface area contributed by atoms with Gasteiger partial charge in [0.2, 0.25) is 0 Å². The van der Waals surface area contributed by atoms with Gasteiger partial charge in [0.1, 0.15) is 0 Å². The van der Waals surface area contributed by atoms with Crippen molar-refractivity contribution in [3.05, 3.63) is 0 Å². The Bertz CT molecular complexity index is 200. The van der Waals surface area contributed by atoms with Crippen LogP contribution in [0.4, 0.5) is 9.59 Å².